The largest absolute Gasteiger partial charge is 0.478 e. The smallest absolute Gasteiger partial charge is 0.347 e. The van der Waals surface area contributed by atoms with Crippen molar-refractivity contribution in [1.82, 2.24) is 0 Å². The van der Waals surface area contributed by atoms with Crippen molar-refractivity contribution in [2.75, 3.05) is 0 Å². The highest BCUT2D eigenvalue weighted by molar-refractivity contribution is 9.10. The number of fused-ring (bicyclic) bond motifs is 4. The molecule has 0 atom stereocenters. The first-order chi connectivity index (χ1) is 15.3. The Morgan fingerprint density at radius 2 is 1.28 bits per heavy atom. The summed E-state index contributed by atoms with van der Waals surface area (Å²) >= 11 is 3.28. The van der Waals surface area contributed by atoms with Crippen LogP contribution in [0.25, 0.3) is 53.9 Å². The van der Waals surface area contributed by atoms with Gasteiger partial charge in [0.15, 0.2) is 0 Å². The highest BCUT2D eigenvalue weighted by Crippen LogP contribution is 2.46. The predicted molar refractivity (Wildman–Crippen MR) is 123 cm³/mol. The molecular weight excluding hydrogens is 480 g/mol. The quantitative estimate of drug-likeness (QED) is 0.265. The number of carboxylic acid groups (broad SMARTS) is 2. The summed E-state index contributed by atoms with van der Waals surface area (Å²) < 4.78 is 4.98. The van der Waals surface area contributed by atoms with Gasteiger partial charge in [-0.2, -0.15) is 0 Å². The fourth-order valence-electron chi connectivity index (χ4n) is 4.93. The minimum absolute atomic E-state index is 0.124. The van der Waals surface area contributed by atoms with Gasteiger partial charge >= 0.3 is 23.2 Å². The van der Waals surface area contributed by atoms with Crippen molar-refractivity contribution in [3.05, 3.63) is 78.9 Å². The maximum absolute atomic E-state index is 12.8. The molecule has 0 bridgehead atoms. The molecule has 0 aliphatic heterocycles. The van der Waals surface area contributed by atoms with Crippen LogP contribution >= 0.6 is 15.9 Å². The number of halogens is 1. The Labute approximate surface area is 184 Å². The Balaban J connectivity index is 2.20. The first kappa shape index (κ1) is 18.7. The number of hydrogen-bond acceptors (Lipinski definition) is 5. The van der Waals surface area contributed by atoms with Gasteiger partial charge in [-0.3, -0.25) is 0 Å². The molecule has 0 aliphatic rings. The highest BCUT2D eigenvalue weighted by atomic mass is 79.9. The van der Waals surface area contributed by atoms with Crippen LogP contribution in [0, 0.1) is 0 Å². The van der Waals surface area contributed by atoms with Gasteiger partial charge in [0.25, 0.3) is 0 Å². The number of carboxylic acids is 2. The summed E-state index contributed by atoms with van der Waals surface area (Å²) in [5.74, 6) is -2.89. The number of carbonyl (C=O) groups is 2. The molecule has 1 heterocycles. The lowest BCUT2D eigenvalue weighted by Gasteiger charge is -2.18. The van der Waals surface area contributed by atoms with E-state index in [-0.39, 0.29) is 20.8 Å². The van der Waals surface area contributed by atoms with Gasteiger partial charge in [-0.25, -0.2) is 19.2 Å². The Morgan fingerprint density at radius 1 is 0.688 bits per heavy atom. The van der Waals surface area contributed by atoms with E-state index < -0.39 is 34.1 Å². The third-order valence-electron chi connectivity index (χ3n) is 6.01. The lowest BCUT2D eigenvalue weighted by Crippen LogP contribution is -2.10. The second kappa shape index (κ2) is 6.02. The number of benzene rings is 5. The van der Waals surface area contributed by atoms with E-state index in [0.29, 0.717) is 21.5 Å². The minimum atomic E-state index is -1.52. The molecule has 32 heavy (non-hydrogen) atoms. The van der Waals surface area contributed by atoms with Crippen LogP contribution in [0.1, 0.15) is 20.7 Å². The third kappa shape index (κ3) is 2.09. The molecule has 0 saturated carbocycles. The molecule has 0 aliphatic carbocycles. The average molecular weight is 489 g/mol. The zero-order valence-electron chi connectivity index (χ0n) is 15.9. The van der Waals surface area contributed by atoms with Gasteiger partial charge in [0, 0.05) is 20.6 Å². The minimum Gasteiger partial charge on any atom is -0.478 e. The summed E-state index contributed by atoms with van der Waals surface area (Å²) in [5.41, 5.74) is -2.92. The van der Waals surface area contributed by atoms with Crippen LogP contribution in [0.15, 0.2) is 60.9 Å². The van der Waals surface area contributed by atoms with Crippen LogP contribution in [0.2, 0.25) is 0 Å². The predicted octanol–water partition coefficient (Wildman–Crippen LogP) is 4.80. The SMILES string of the molecule is O=C(O)c1c(Br)cc2c3cccc4cccc(c43)c3c4c(=O)oc(=O)c4c(C(=O)O)c1c23. The van der Waals surface area contributed by atoms with Gasteiger partial charge in [0.2, 0.25) is 0 Å². The van der Waals surface area contributed by atoms with Crippen molar-refractivity contribution in [3.8, 4) is 0 Å². The van der Waals surface area contributed by atoms with Gasteiger partial charge in [-0.15, -0.1) is 0 Å². The lowest BCUT2D eigenvalue weighted by molar-refractivity contribution is 0.0695. The van der Waals surface area contributed by atoms with E-state index in [9.17, 15) is 29.4 Å². The van der Waals surface area contributed by atoms with E-state index in [4.69, 9.17) is 4.42 Å². The average Bonchev–Trinajstić information content (AvgIpc) is 3.03. The second-order valence-electron chi connectivity index (χ2n) is 7.53. The van der Waals surface area contributed by atoms with Crippen molar-refractivity contribution in [2.24, 2.45) is 0 Å². The Morgan fingerprint density at radius 3 is 1.94 bits per heavy atom. The van der Waals surface area contributed by atoms with E-state index in [1.165, 1.54) is 0 Å². The van der Waals surface area contributed by atoms with Crippen molar-refractivity contribution in [2.45, 2.75) is 0 Å². The Kier molecular flexibility index (Phi) is 3.52. The molecule has 6 aromatic rings. The van der Waals surface area contributed by atoms with Crippen molar-refractivity contribution in [3.63, 3.8) is 0 Å². The Bertz CT molecular complexity index is 1930. The van der Waals surface area contributed by atoms with E-state index in [0.717, 1.165) is 16.2 Å². The highest BCUT2D eigenvalue weighted by Gasteiger charge is 2.31. The summed E-state index contributed by atoms with van der Waals surface area (Å²) in [5, 5.41) is 23.5. The van der Waals surface area contributed by atoms with Crippen molar-refractivity contribution in [1.29, 1.82) is 0 Å². The van der Waals surface area contributed by atoms with E-state index in [1.54, 1.807) is 18.2 Å². The summed E-state index contributed by atoms with van der Waals surface area (Å²) in [7, 11) is 0. The van der Waals surface area contributed by atoms with Crippen LogP contribution in [-0.2, 0) is 0 Å². The summed E-state index contributed by atoms with van der Waals surface area (Å²) in [6, 6.07) is 12.7. The fraction of sp³-hybridized carbons (Fsp3) is 0. The molecule has 1 aromatic heterocycles. The molecule has 0 unspecified atom stereocenters. The summed E-state index contributed by atoms with van der Waals surface area (Å²) in [6.07, 6.45) is 0. The molecule has 0 saturated heterocycles. The molecule has 5 aromatic carbocycles. The molecule has 8 heteroatoms. The number of aromatic carboxylic acids is 2. The van der Waals surface area contributed by atoms with E-state index >= 15 is 0 Å². The molecule has 0 amide bonds. The molecule has 154 valence electrons. The van der Waals surface area contributed by atoms with Gasteiger partial charge in [-0.05, 0) is 48.9 Å². The van der Waals surface area contributed by atoms with Gasteiger partial charge < -0.3 is 14.6 Å². The first-order valence-corrected chi connectivity index (χ1v) is 10.2. The van der Waals surface area contributed by atoms with Gasteiger partial charge in [0.05, 0.1) is 21.9 Å². The first-order valence-electron chi connectivity index (χ1n) is 9.43. The van der Waals surface area contributed by atoms with Crippen molar-refractivity contribution >= 4 is 81.7 Å². The molecule has 0 radical (unpaired) electrons. The molecule has 6 rings (SSSR count). The van der Waals surface area contributed by atoms with Gasteiger partial charge in [0.1, 0.15) is 0 Å². The van der Waals surface area contributed by atoms with Crippen LogP contribution < -0.4 is 11.3 Å². The molecule has 0 spiro atoms. The summed E-state index contributed by atoms with van der Waals surface area (Å²) in [6.45, 7) is 0. The molecule has 0 fully saturated rings. The van der Waals surface area contributed by atoms with E-state index in [2.05, 4.69) is 15.9 Å². The fourth-order valence-corrected chi connectivity index (χ4v) is 5.53. The monoisotopic (exact) mass is 488 g/mol. The standard InChI is InChI=1S/C24H9BrO7/c25-12-7-11-9-5-1-3-8-4-2-6-10(13(8)9)14-15(11)17(16(12)21(26)27)18(22(28)29)20-19(14)23(30)32-24(20)31/h1-7H,(H,26,27)(H,28,29). The van der Waals surface area contributed by atoms with Crippen LogP contribution in [0.3, 0.4) is 0 Å². The van der Waals surface area contributed by atoms with Crippen LogP contribution in [-0.4, -0.2) is 22.2 Å². The maximum Gasteiger partial charge on any atom is 0.347 e. The van der Waals surface area contributed by atoms with Crippen LogP contribution in [0.4, 0.5) is 0 Å². The molecule has 2 N–H and O–H groups in total. The third-order valence-corrected chi connectivity index (χ3v) is 6.64. The topological polar surface area (TPSA) is 122 Å². The number of furan rings is 1. The number of rotatable bonds is 2. The zero-order valence-corrected chi connectivity index (χ0v) is 17.4. The maximum atomic E-state index is 12.8. The zero-order chi connectivity index (χ0) is 22.5. The Hall–Kier alpha value is -4.04. The number of hydrogen-bond donors (Lipinski definition) is 2. The lowest BCUT2D eigenvalue weighted by atomic mass is 9.84. The summed E-state index contributed by atoms with van der Waals surface area (Å²) in [4.78, 5) is 49.9. The van der Waals surface area contributed by atoms with Crippen molar-refractivity contribution < 1.29 is 24.2 Å². The molecule has 7 nitrogen and oxygen atoms in total. The normalized spacial score (nSPS) is 12.0. The van der Waals surface area contributed by atoms with Crippen LogP contribution in [0.5, 0.6) is 0 Å². The molecular formula is C24H9BrO7. The van der Waals surface area contributed by atoms with E-state index in [1.807, 2.05) is 24.3 Å². The van der Waals surface area contributed by atoms with Gasteiger partial charge in [-0.1, -0.05) is 36.4 Å². The second-order valence-corrected chi connectivity index (χ2v) is 8.38.